The number of aromatic carboxylic acids is 1. The second kappa shape index (κ2) is 3.96. The van der Waals surface area contributed by atoms with E-state index < -0.39 is 5.97 Å². The van der Waals surface area contributed by atoms with E-state index in [0.29, 0.717) is 5.56 Å². The van der Waals surface area contributed by atoms with Gasteiger partial charge in [0.15, 0.2) is 0 Å². The monoisotopic (exact) mass is 219 g/mol. The van der Waals surface area contributed by atoms with Crippen LogP contribution in [0.4, 0.5) is 0 Å². The predicted octanol–water partition coefficient (Wildman–Crippen LogP) is 1.43. The third kappa shape index (κ3) is 1.66. The molecule has 0 saturated heterocycles. The van der Waals surface area contributed by atoms with Crippen molar-refractivity contribution in [1.29, 1.82) is 0 Å². The van der Waals surface area contributed by atoms with Crippen LogP contribution in [-0.2, 0) is 13.5 Å². The van der Waals surface area contributed by atoms with E-state index in [1.54, 1.807) is 7.05 Å². The van der Waals surface area contributed by atoms with Crippen LogP contribution in [0.2, 0.25) is 0 Å². The lowest BCUT2D eigenvalue weighted by Gasteiger charge is -2.12. The van der Waals surface area contributed by atoms with Crippen molar-refractivity contribution < 1.29 is 9.90 Å². The number of hydrogen-bond donors (Lipinski definition) is 1. The van der Waals surface area contributed by atoms with Crippen LogP contribution in [0.1, 0.15) is 34.5 Å². The van der Waals surface area contributed by atoms with Gasteiger partial charge < -0.3 is 9.67 Å². The number of allylic oxidation sites excluding steroid dienone is 1. The predicted molar refractivity (Wildman–Crippen MR) is 60.6 cm³/mol. The minimum atomic E-state index is -1.04. The maximum Gasteiger partial charge on any atom is 0.336 e. The molecule has 1 aliphatic carbocycles. The van der Waals surface area contributed by atoms with E-state index in [4.69, 9.17) is 5.11 Å². The number of pyridine rings is 1. The van der Waals surface area contributed by atoms with Crippen molar-refractivity contribution in [2.75, 3.05) is 0 Å². The average molecular weight is 219 g/mol. The molecule has 0 radical (unpaired) electrons. The highest BCUT2D eigenvalue weighted by molar-refractivity contribution is 5.92. The molecule has 0 atom stereocenters. The van der Waals surface area contributed by atoms with Gasteiger partial charge in [0.1, 0.15) is 0 Å². The van der Waals surface area contributed by atoms with Crippen LogP contribution >= 0.6 is 0 Å². The van der Waals surface area contributed by atoms with E-state index in [2.05, 4.69) is 0 Å². The van der Waals surface area contributed by atoms with Crippen LogP contribution in [0.5, 0.6) is 0 Å². The third-order valence-corrected chi connectivity index (χ3v) is 2.90. The van der Waals surface area contributed by atoms with Gasteiger partial charge in [-0.05, 0) is 19.3 Å². The highest BCUT2D eigenvalue weighted by Crippen LogP contribution is 2.20. The van der Waals surface area contributed by atoms with Crippen molar-refractivity contribution in [1.82, 2.24) is 4.57 Å². The molecule has 0 spiro atoms. The largest absolute Gasteiger partial charge is 0.478 e. The lowest BCUT2D eigenvalue weighted by molar-refractivity contribution is 0.0696. The molecule has 1 aliphatic rings. The minimum Gasteiger partial charge on any atom is -0.478 e. The molecule has 1 aromatic heterocycles. The minimum absolute atomic E-state index is 0.108. The van der Waals surface area contributed by atoms with Crippen molar-refractivity contribution in [3.05, 3.63) is 39.3 Å². The van der Waals surface area contributed by atoms with E-state index in [1.807, 2.05) is 12.2 Å². The van der Waals surface area contributed by atoms with Crippen molar-refractivity contribution in [3.63, 3.8) is 0 Å². The Kier molecular flexibility index (Phi) is 2.64. The second-order valence-electron chi connectivity index (χ2n) is 3.92. The maximum absolute atomic E-state index is 11.6. The van der Waals surface area contributed by atoms with Gasteiger partial charge in [0.05, 0.1) is 5.56 Å². The maximum atomic E-state index is 11.6. The van der Waals surface area contributed by atoms with Crippen molar-refractivity contribution in [2.24, 2.45) is 7.05 Å². The van der Waals surface area contributed by atoms with E-state index in [0.717, 1.165) is 25.0 Å². The second-order valence-corrected chi connectivity index (χ2v) is 3.92. The van der Waals surface area contributed by atoms with Crippen molar-refractivity contribution in [3.8, 4) is 0 Å². The van der Waals surface area contributed by atoms with E-state index in [-0.39, 0.29) is 11.1 Å². The average Bonchev–Trinajstić information content (AvgIpc) is 2.48. The summed E-state index contributed by atoms with van der Waals surface area (Å²) < 4.78 is 1.54. The summed E-state index contributed by atoms with van der Waals surface area (Å²) in [4.78, 5) is 22.7. The van der Waals surface area contributed by atoms with Crippen molar-refractivity contribution >= 4 is 12.0 Å². The third-order valence-electron chi connectivity index (χ3n) is 2.90. The van der Waals surface area contributed by atoms with Gasteiger partial charge in [-0.2, -0.15) is 0 Å². The summed E-state index contributed by atoms with van der Waals surface area (Å²) in [5.74, 6) is -1.04. The summed E-state index contributed by atoms with van der Waals surface area (Å²) in [6, 6.07) is 1.19. The summed E-state index contributed by atoms with van der Waals surface area (Å²) in [5, 5.41) is 9.07. The molecule has 0 bridgehead atoms. The first-order valence-corrected chi connectivity index (χ1v) is 5.24. The number of fused-ring (bicyclic) bond motifs is 1. The van der Waals surface area contributed by atoms with E-state index in [1.165, 1.54) is 10.6 Å². The molecular formula is C12H13NO3. The number of rotatable bonds is 1. The molecule has 1 aromatic rings. The van der Waals surface area contributed by atoms with Crippen molar-refractivity contribution in [2.45, 2.75) is 19.3 Å². The number of carboxylic acids is 1. The zero-order valence-electron chi connectivity index (χ0n) is 9.06. The highest BCUT2D eigenvalue weighted by Gasteiger charge is 2.17. The van der Waals surface area contributed by atoms with Crippen LogP contribution in [0.3, 0.4) is 0 Å². The summed E-state index contributed by atoms with van der Waals surface area (Å²) in [6.45, 7) is 0. The van der Waals surface area contributed by atoms with Crippen LogP contribution < -0.4 is 5.56 Å². The van der Waals surface area contributed by atoms with E-state index in [9.17, 15) is 9.59 Å². The molecule has 4 nitrogen and oxygen atoms in total. The zero-order valence-corrected chi connectivity index (χ0v) is 9.06. The Balaban J connectivity index is 2.77. The van der Waals surface area contributed by atoms with Gasteiger partial charge in [0.25, 0.3) is 5.56 Å². The first-order valence-electron chi connectivity index (χ1n) is 5.24. The molecule has 84 valence electrons. The van der Waals surface area contributed by atoms with Crippen LogP contribution in [0.15, 0.2) is 16.9 Å². The molecule has 1 heterocycles. The Morgan fingerprint density at radius 3 is 2.94 bits per heavy atom. The molecule has 0 unspecified atom stereocenters. The molecule has 2 rings (SSSR count). The van der Waals surface area contributed by atoms with Gasteiger partial charge in [-0.3, -0.25) is 4.79 Å². The summed E-state index contributed by atoms with van der Waals surface area (Å²) in [6.07, 6.45) is 6.38. The van der Waals surface area contributed by atoms with Gasteiger partial charge in [0.2, 0.25) is 0 Å². The van der Waals surface area contributed by atoms with Gasteiger partial charge in [-0.25, -0.2) is 4.79 Å². The first kappa shape index (κ1) is 10.7. The normalized spacial score (nSPS) is 14.3. The Bertz CT molecular complexity index is 526. The van der Waals surface area contributed by atoms with E-state index >= 15 is 0 Å². The summed E-state index contributed by atoms with van der Waals surface area (Å²) >= 11 is 0. The number of aromatic nitrogens is 1. The van der Waals surface area contributed by atoms with Gasteiger partial charge in [0, 0.05) is 24.4 Å². The molecular weight excluding hydrogens is 206 g/mol. The molecule has 0 amide bonds. The summed E-state index contributed by atoms with van der Waals surface area (Å²) in [7, 11) is 1.69. The first-order chi connectivity index (χ1) is 7.61. The molecule has 0 fully saturated rings. The molecule has 4 heteroatoms. The number of hydrogen-bond acceptors (Lipinski definition) is 2. The molecule has 0 aromatic carbocycles. The Morgan fingerprint density at radius 1 is 1.50 bits per heavy atom. The van der Waals surface area contributed by atoms with Crippen LogP contribution in [-0.4, -0.2) is 15.6 Å². The zero-order chi connectivity index (χ0) is 11.7. The number of carbonyl (C=O) groups is 1. The topological polar surface area (TPSA) is 59.3 Å². The molecule has 1 N–H and O–H groups in total. The lowest BCUT2D eigenvalue weighted by Crippen LogP contribution is -2.23. The van der Waals surface area contributed by atoms with Gasteiger partial charge in [-0.15, -0.1) is 0 Å². The number of nitrogens with zero attached hydrogens (tertiary/aromatic N) is 1. The van der Waals surface area contributed by atoms with Crippen LogP contribution in [0.25, 0.3) is 6.08 Å². The Labute approximate surface area is 92.8 Å². The fraction of sp³-hybridized carbons (Fsp3) is 0.333. The quantitative estimate of drug-likeness (QED) is 0.777. The van der Waals surface area contributed by atoms with Gasteiger partial charge in [-0.1, -0.05) is 12.2 Å². The Morgan fingerprint density at radius 2 is 2.25 bits per heavy atom. The van der Waals surface area contributed by atoms with Gasteiger partial charge >= 0.3 is 5.97 Å². The fourth-order valence-electron chi connectivity index (χ4n) is 2.02. The fourth-order valence-corrected chi connectivity index (χ4v) is 2.02. The Hall–Kier alpha value is -1.84. The molecule has 16 heavy (non-hydrogen) atoms. The SMILES string of the molecule is Cn1c2c(c(C(=O)O)cc1=O)C=CCCC2. The molecule has 0 aliphatic heterocycles. The molecule has 0 saturated carbocycles. The number of carboxylic acid groups (broad SMARTS) is 1. The standard InChI is InChI=1S/C12H13NO3/c1-13-10-6-4-2-3-5-8(10)9(12(15)16)7-11(13)14/h3,5,7H,2,4,6H2,1H3,(H,15,16). The van der Waals surface area contributed by atoms with Crippen LogP contribution in [0, 0.1) is 0 Å². The smallest absolute Gasteiger partial charge is 0.336 e. The summed E-state index contributed by atoms with van der Waals surface area (Å²) in [5.41, 5.74) is 1.34. The highest BCUT2D eigenvalue weighted by atomic mass is 16.4. The lowest BCUT2D eigenvalue weighted by atomic mass is 10.0.